The standard InChI is InChI=1S/C22H42N4O3/c1-23-21(25-11-7-20(8-12-25)29-16-6-15-27-2)24-19-22(9-4-3-5-10-22)26-13-17-28-18-14-26/h20H,3-19H2,1-2H3,(H,23,24). The number of methoxy groups -OCH3 is 1. The highest BCUT2D eigenvalue weighted by molar-refractivity contribution is 5.80. The minimum absolute atomic E-state index is 0.265. The van der Waals surface area contributed by atoms with Gasteiger partial charge in [-0.3, -0.25) is 9.89 Å². The molecule has 0 amide bonds. The van der Waals surface area contributed by atoms with Gasteiger partial charge in [0.15, 0.2) is 5.96 Å². The fourth-order valence-electron chi connectivity index (χ4n) is 5.12. The van der Waals surface area contributed by atoms with Crippen molar-refractivity contribution < 1.29 is 14.2 Å². The molecule has 3 rings (SSSR count). The highest BCUT2D eigenvalue weighted by Crippen LogP contribution is 2.34. The molecule has 29 heavy (non-hydrogen) atoms. The van der Waals surface area contributed by atoms with Gasteiger partial charge in [0.1, 0.15) is 0 Å². The summed E-state index contributed by atoms with van der Waals surface area (Å²) in [7, 11) is 3.66. The smallest absolute Gasteiger partial charge is 0.193 e. The molecule has 1 N–H and O–H groups in total. The molecule has 3 aliphatic rings. The summed E-state index contributed by atoms with van der Waals surface area (Å²) in [5.74, 6) is 1.06. The molecule has 7 heteroatoms. The van der Waals surface area contributed by atoms with Gasteiger partial charge in [-0.1, -0.05) is 19.3 Å². The molecule has 0 aromatic rings. The summed E-state index contributed by atoms with van der Waals surface area (Å²) in [5.41, 5.74) is 0.265. The molecule has 0 atom stereocenters. The van der Waals surface area contributed by atoms with Gasteiger partial charge in [0.2, 0.25) is 0 Å². The number of nitrogens with one attached hydrogen (secondary N) is 1. The van der Waals surface area contributed by atoms with Crippen LogP contribution in [-0.4, -0.2) is 101 Å². The van der Waals surface area contributed by atoms with E-state index in [0.717, 1.165) is 84.4 Å². The number of ether oxygens (including phenoxy) is 3. The number of aliphatic imine (C=N–C) groups is 1. The summed E-state index contributed by atoms with van der Waals surface area (Å²) >= 11 is 0. The highest BCUT2D eigenvalue weighted by Gasteiger charge is 2.39. The van der Waals surface area contributed by atoms with Crippen LogP contribution in [0.15, 0.2) is 4.99 Å². The average molecular weight is 411 g/mol. The number of nitrogens with zero attached hydrogens (tertiary/aromatic N) is 3. The minimum Gasteiger partial charge on any atom is -0.385 e. The van der Waals surface area contributed by atoms with E-state index in [9.17, 15) is 0 Å². The lowest BCUT2D eigenvalue weighted by atomic mass is 9.79. The van der Waals surface area contributed by atoms with Crippen LogP contribution in [0.3, 0.4) is 0 Å². The largest absolute Gasteiger partial charge is 0.385 e. The van der Waals surface area contributed by atoms with Crippen LogP contribution in [0.5, 0.6) is 0 Å². The molecular weight excluding hydrogens is 368 g/mol. The van der Waals surface area contributed by atoms with Crippen LogP contribution in [0.4, 0.5) is 0 Å². The molecule has 0 aromatic carbocycles. The van der Waals surface area contributed by atoms with Crippen LogP contribution in [0.2, 0.25) is 0 Å². The van der Waals surface area contributed by atoms with Gasteiger partial charge in [0.05, 0.1) is 19.3 Å². The van der Waals surface area contributed by atoms with Crippen molar-refractivity contribution in [2.45, 2.75) is 63.0 Å². The number of piperidine rings is 1. The zero-order chi connectivity index (χ0) is 20.4. The van der Waals surface area contributed by atoms with E-state index in [-0.39, 0.29) is 5.54 Å². The topological polar surface area (TPSA) is 58.6 Å². The van der Waals surface area contributed by atoms with E-state index in [1.165, 1.54) is 32.1 Å². The minimum atomic E-state index is 0.265. The maximum atomic E-state index is 6.01. The Bertz CT molecular complexity index is 482. The first-order valence-electron chi connectivity index (χ1n) is 11.7. The first-order valence-corrected chi connectivity index (χ1v) is 11.7. The number of likely N-dealkylation sites (tertiary alicyclic amines) is 1. The maximum Gasteiger partial charge on any atom is 0.193 e. The summed E-state index contributed by atoms with van der Waals surface area (Å²) in [6.07, 6.45) is 10.1. The first kappa shape index (κ1) is 22.8. The van der Waals surface area contributed by atoms with Gasteiger partial charge in [0.25, 0.3) is 0 Å². The van der Waals surface area contributed by atoms with Gasteiger partial charge in [-0.15, -0.1) is 0 Å². The van der Waals surface area contributed by atoms with Crippen molar-refractivity contribution in [1.82, 2.24) is 15.1 Å². The number of hydrogen-bond donors (Lipinski definition) is 1. The van der Waals surface area contributed by atoms with Crippen molar-refractivity contribution in [3.63, 3.8) is 0 Å². The maximum absolute atomic E-state index is 6.01. The second-order valence-electron chi connectivity index (χ2n) is 8.69. The molecule has 0 radical (unpaired) electrons. The van der Waals surface area contributed by atoms with Crippen molar-refractivity contribution in [3.05, 3.63) is 0 Å². The van der Waals surface area contributed by atoms with Crippen LogP contribution in [0, 0.1) is 0 Å². The third-order valence-corrected chi connectivity index (χ3v) is 6.84. The van der Waals surface area contributed by atoms with E-state index in [2.05, 4.69) is 20.1 Å². The van der Waals surface area contributed by atoms with Gasteiger partial charge in [-0.2, -0.15) is 0 Å². The number of hydrogen-bond acceptors (Lipinski definition) is 5. The second kappa shape index (κ2) is 12.1. The molecule has 0 spiro atoms. The Kier molecular flexibility index (Phi) is 9.49. The lowest BCUT2D eigenvalue weighted by Crippen LogP contribution is -2.61. The van der Waals surface area contributed by atoms with Crippen molar-refractivity contribution >= 4 is 5.96 Å². The normalized spacial score (nSPS) is 24.6. The Hall–Kier alpha value is -0.890. The van der Waals surface area contributed by atoms with Gasteiger partial charge in [0, 0.05) is 65.6 Å². The first-order chi connectivity index (χ1) is 14.3. The Morgan fingerprint density at radius 1 is 1.07 bits per heavy atom. The predicted molar refractivity (Wildman–Crippen MR) is 117 cm³/mol. The zero-order valence-corrected chi connectivity index (χ0v) is 18.7. The zero-order valence-electron chi connectivity index (χ0n) is 18.7. The van der Waals surface area contributed by atoms with E-state index >= 15 is 0 Å². The molecule has 7 nitrogen and oxygen atoms in total. The van der Waals surface area contributed by atoms with Gasteiger partial charge in [-0.05, 0) is 32.1 Å². The molecule has 2 saturated heterocycles. The molecule has 1 saturated carbocycles. The molecule has 0 bridgehead atoms. The van der Waals surface area contributed by atoms with Crippen LogP contribution >= 0.6 is 0 Å². The molecule has 0 unspecified atom stereocenters. The molecular formula is C22H42N4O3. The quantitative estimate of drug-likeness (QED) is 0.376. The third kappa shape index (κ3) is 6.54. The molecule has 168 valence electrons. The van der Waals surface area contributed by atoms with Crippen LogP contribution < -0.4 is 5.32 Å². The summed E-state index contributed by atoms with van der Waals surface area (Å²) < 4.78 is 16.7. The Morgan fingerprint density at radius 3 is 2.45 bits per heavy atom. The Morgan fingerprint density at radius 2 is 1.79 bits per heavy atom. The lowest BCUT2D eigenvalue weighted by Gasteiger charge is -2.48. The van der Waals surface area contributed by atoms with Gasteiger partial charge >= 0.3 is 0 Å². The second-order valence-corrected chi connectivity index (χ2v) is 8.69. The molecule has 2 heterocycles. The number of guanidine groups is 1. The molecule has 0 aromatic heterocycles. The lowest BCUT2D eigenvalue weighted by molar-refractivity contribution is -0.0356. The number of morpholine rings is 1. The van der Waals surface area contributed by atoms with Crippen molar-refractivity contribution in [1.29, 1.82) is 0 Å². The third-order valence-electron chi connectivity index (χ3n) is 6.84. The van der Waals surface area contributed by atoms with Crippen molar-refractivity contribution in [3.8, 4) is 0 Å². The summed E-state index contributed by atoms with van der Waals surface area (Å²) in [5, 5.41) is 3.76. The van der Waals surface area contributed by atoms with Gasteiger partial charge < -0.3 is 24.4 Å². The molecule has 1 aliphatic carbocycles. The average Bonchev–Trinajstić information content (AvgIpc) is 2.79. The Labute approximate surface area is 177 Å². The molecule has 2 aliphatic heterocycles. The van der Waals surface area contributed by atoms with E-state index in [0.29, 0.717) is 6.10 Å². The van der Waals surface area contributed by atoms with Crippen molar-refractivity contribution in [2.24, 2.45) is 4.99 Å². The van der Waals surface area contributed by atoms with Crippen LogP contribution in [0.25, 0.3) is 0 Å². The van der Waals surface area contributed by atoms with Crippen LogP contribution in [0.1, 0.15) is 51.4 Å². The Balaban J connectivity index is 1.47. The van der Waals surface area contributed by atoms with E-state index in [1.54, 1.807) is 7.11 Å². The summed E-state index contributed by atoms with van der Waals surface area (Å²) in [6, 6.07) is 0. The van der Waals surface area contributed by atoms with Crippen LogP contribution in [-0.2, 0) is 14.2 Å². The van der Waals surface area contributed by atoms with E-state index < -0.39 is 0 Å². The highest BCUT2D eigenvalue weighted by atomic mass is 16.5. The predicted octanol–water partition coefficient (Wildman–Crippen LogP) is 2.11. The SMILES string of the molecule is CN=C(NCC1(N2CCOCC2)CCCCC1)N1CCC(OCCCOC)CC1. The van der Waals surface area contributed by atoms with E-state index in [4.69, 9.17) is 14.2 Å². The molecule has 3 fully saturated rings. The fraction of sp³-hybridized carbons (Fsp3) is 0.955. The fourth-order valence-corrected chi connectivity index (χ4v) is 5.12. The summed E-state index contributed by atoms with van der Waals surface area (Å²) in [6.45, 7) is 8.46. The van der Waals surface area contributed by atoms with Gasteiger partial charge in [-0.25, -0.2) is 0 Å². The monoisotopic (exact) mass is 410 g/mol. The van der Waals surface area contributed by atoms with E-state index in [1.807, 2.05) is 7.05 Å². The van der Waals surface area contributed by atoms with Crippen molar-refractivity contribution in [2.75, 3.05) is 73.3 Å². The summed E-state index contributed by atoms with van der Waals surface area (Å²) in [4.78, 5) is 9.71. The number of rotatable bonds is 8.